The highest BCUT2D eigenvalue weighted by Crippen LogP contribution is 2.39. The van der Waals surface area contributed by atoms with E-state index in [1.54, 1.807) is 27.0 Å². The first-order valence-electron chi connectivity index (χ1n) is 10.4. The highest BCUT2D eigenvalue weighted by Gasteiger charge is 2.40. The Morgan fingerprint density at radius 1 is 1.26 bits per heavy atom. The largest absolute Gasteiger partial charge is 0.497 e. The zero-order chi connectivity index (χ0) is 24.8. The van der Waals surface area contributed by atoms with Crippen molar-refractivity contribution >= 4 is 34.6 Å². The van der Waals surface area contributed by atoms with Gasteiger partial charge in [0.15, 0.2) is 5.17 Å². The third-order valence-corrected chi connectivity index (χ3v) is 6.12. The number of carboxylic acid groups (broad SMARTS) is 1. The van der Waals surface area contributed by atoms with E-state index >= 15 is 0 Å². The number of urea groups is 1. The molecule has 1 aliphatic rings. The Morgan fingerprint density at radius 3 is 2.56 bits per heavy atom. The fraction of sp³-hybridized carbons (Fsp3) is 0.261. The number of methoxy groups -OCH3 is 1. The number of carbonyl (C=O) groups excluding carboxylic acids is 1. The van der Waals surface area contributed by atoms with Gasteiger partial charge in [-0.2, -0.15) is 0 Å². The van der Waals surface area contributed by atoms with E-state index in [9.17, 15) is 24.8 Å². The molecule has 11 heteroatoms. The van der Waals surface area contributed by atoms with Crippen LogP contribution in [-0.4, -0.2) is 45.8 Å². The lowest BCUT2D eigenvalue weighted by Crippen LogP contribution is -2.48. The van der Waals surface area contributed by atoms with Crippen molar-refractivity contribution in [2.45, 2.75) is 25.6 Å². The van der Waals surface area contributed by atoms with Crippen molar-refractivity contribution in [1.29, 1.82) is 0 Å². The Balaban J connectivity index is 2.07. The SMILES string of the molecule is CCNC(=O)N1C(SCc2ccc(OC)cc2)=NC(C)=C(C(=O)O)C1c1cccc([N+](=O)[O-])c1. The van der Waals surface area contributed by atoms with Gasteiger partial charge in [0.25, 0.3) is 5.69 Å². The number of nitro benzene ring substituents is 1. The van der Waals surface area contributed by atoms with E-state index in [2.05, 4.69) is 10.3 Å². The number of amides is 2. The summed E-state index contributed by atoms with van der Waals surface area (Å²) in [5.74, 6) is -0.0922. The molecule has 10 nitrogen and oxygen atoms in total. The number of amidine groups is 1. The van der Waals surface area contributed by atoms with Gasteiger partial charge in [-0.05, 0) is 37.1 Å². The third kappa shape index (κ3) is 5.37. The molecular weight excluding hydrogens is 460 g/mol. The highest BCUT2D eigenvalue weighted by atomic mass is 32.2. The van der Waals surface area contributed by atoms with Gasteiger partial charge in [0.2, 0.25) is 0 Å². The monoisotopic (exact) mass is 484 g/mol. The minimum atomic E-state index is -1.26. The van der Waals surface area contributed by atoms with Crippen LogP contribution in [-0.2, 0) is 10.5 Å². The fourth-order valence-electron chi connectivity index (χ4n) is 3.50. The average molecular weight is 485 g/mol. The van der Waals surface area contributed by atoms with E-state index < -0.39 is 23.0 Å². The predicted molar refractivity (Wildman–Crippen MR) is 129 cm³/mol. The van der Waals surface area contributed by atoms with Crippen LogP contribution in [0.5, 0.6) is 5.75 Å². The molecule has 1 heterocycles. The molecule has 0 aromatic heterocycles. The van der Waals surface area contributed by atoms with Gasteiger partial charge < -0.3 is 15.2 Å². The fourth-order valence-corrected chi connectivity index (χ4v) is 4.52. The van der Waals surface area contributed by atoms with Crippen LogP contribution in [0.2, 0.25) is 0 Å². The topological polar surface area (TPSA) is 134 Å². The van der Waals surface area contributed by atoms with Gasteiger partial charge >= 0.3 is 12.0 Å². The molecule has 1 aliphatic heterocycles. The Morgan fingerprint density at radius 2 is 1.97 bits per heavy atom. The number of allylic oxidation sites excluding steroid dienone is 1. The maximum atomic E-state index is 13.1. The number of nitrogens with one attached hydrogen (secondary N) is 1. The second kappa shape index (κ2) is 10.8. The van der Waals surface area contributed by atoms with Crippen molar-refractivity contribution in [3.63, 3.8) is 0 Å². The van der Waals surface area contributed by atoms with E-state index in [0.29, 0.717) is 28.8 Å². The molecule has 34 heavy (non-hydrogen) atoms. The molecule has 2 amide bonds. The summed E-state index contributed by atoms with van der Waals surface area (Å²) in [5.41, 5.74) is 1.14. The number of nitrogens with zero attached hydrogens (tertiary/aromatic N) is 3. The molecule has 178 valence electrons. The van der Waals surface area contributed by atoms with Crippen LogP contribution in [0, 0.1) is 10.1 Å². The minimum absolute atomic E-state index is 0.124. The van der Waals surface area contributed by atoms with E-state index in [1.807, 2.05) is 24.3 Å². The number of non-ortho nitro benzene ring substituents is 1. The van der Waals surface area contributed by atoms with Crippen molar-refractivity contribution in [2.24, 2.45) is 4.99 Å². The number of rotatable bonds is 7. The predicted octanol–water partition coefficient (Wildman–Crippen LogP) is 4.34. The molecule has 0 saturated carbocycles. The lowest BCUT2D eigenvalue weighted by atomic mass is 9.94. The van der Waals surface area contributed by atoms with Crippen LogP contribution in [0.25, 0.3) is 0 Å². The molecule has 0 fully saturated rings. The molecule has 3 rings (SSSR count). The summed E-state index contributed by atoms with van der Waals surface area (Å²) in [4.78, 5) is 41.8. The number of benzene rings is 2. The molecule has 0 radical (unpaired) electrons. The van der Waals surface area contributed by atoms with Gasteiger partial charge in [-0.25, -0.2) is 14.6 Å². The van der Waals surface area contributed by atoms with Crippen LogP contribution >= 0.6 is 11.8 Å². The zero-order valence-electron chi connectivity index (χ0n) is 18.8. The van der Waals surface area contributed by atoms with Gasteiger partial charge in [-0.15, -0.1) is 0 Å². The summed E-state index contributed by atoms with van der Waals surface area (Å²) in [6, 6.07) is 11.4. The number of hydrogen-bond acceptors (Lipinski definition) is 7. The van der Waals surface area contributed by atoms with Crippen LogP contribution in [0.1, 0.15) is 31.0 Å². The van der Waals surface area contributed by atoms with E-state index in [4.69, 9.17) is 4.74 Å². The quantitative estimate of drug-likeness (QED) is 0.441. The highest BCUT2D eigenvalue weighted by molar-refractivity contribution is 8.13. The maximum absolute atomic E-state index is 13.1. The van der Waals surface area contributed by atoms with Crippen LogP contribution in [0.15, 0.2) is 64.8 Å². The van der Waals surface area contributed by atoms with E-state index in [-0.39, 0.29) is 17.0 Å². The number of aliphatic imine (C=N–C) groups is 1. The zero-order valence-corrected chi connectivity index (χ0v) is 19.7. The Hall–Kier alpha value is -3.86. The number of carboxylic acids is 1. The summed E-state index contributed by atoms with van der Waals surface area (Å²) in [6.07, 6.45) is 0. The van der Waals surface area contributed by atoms with Gasteiger partial charge in [0.05, 0.1) is 23.3 Å². The second-order valence-electron chi connectivity index (χ2n) is 7.30. The van der Waals surface area contributed by atoms with Crippen molar-refractivity contribution < 1.29 is 24.4 Å². The van der Waals surface area contributed by atoms with Gasteiger partial charge in [-0.3, -0.25) is 15.0 Å². The number of hydrogen-bond donors (Lipinski definition) is 2. The Bertz CT molecular complexity index is 1160. The smallest absolute Gasteiger partial charge is 0.335 e. The third-order valence-electron chi connectivity index (χ3n) is 5.09. The summed E-state index contributed by atoms with van der Waals surface area (Å²) in [5, 5.41) is 24.3. The van der Waals surface area contributed by atoms with Gasteiger partial charge in [0, 0.05) is 24.4 Å². The standard InChI is InChI=1S/C23H24N4O6S/c1-4-24-22(30)26-20(16-6-5-7-17(12-16)27(31)32)19(21(28)29)14(2)25-23(26)34-13-15-8-10-18(33-3)11-9-15/h5-12,20H,4,13H2,1-3H3,(H,24,30)(H,28,29). The average Bonchev–Trinajstić information content (AvgIpc) is 2.82. The Kier molecular flexibility index (Phi) is 7.90. The van der Waals surface area contributed by atoms with Gasteiger partial charge in [-0.1, -0.05) is 36.0 Å². The molecule has 0 saturated heterocycles. The molecule has 2 aromatic carbocycles. The molecule has 0 bridgehead atoms. The summed E-state index contributed by atoms with van der Waals surface area (Å²) >= 11 is 1.27. The van der Waals surface area contributed by atoms with Crippen molar-refractivity contribution in [3.05, 3.63) is 81.0 Å². The number of thioether (sulfide) groups is 1. The molecule has 1 atom stereocenters. The number of ether oxygens (including phenoxy) is 1. The number of nitro groups is 1. The molecular formula is C23H24N4O6S. The first-order chi connectivity index (χ1) is 16.3. The molecule has 0 aliphatic carbocycles. The lowest BCUT2D eigenvalue weighted by Gasteiger charge is -2.36. The van der Waals surface area contributed by atoms with Gasteiger partial charge in [0.1, 0.15) is 11.8 Å². The van der Waals surface area contributed by atoms with Crippen molar-refractivity contribution in [3.8, 4) is 5.75 Å². The summed E-state index contributed by atoms with van der Waals surface area (Å²) in [7, 11) is 1.58. The minimum Gasteiger partial charge on any atom is -0.497 e. The normalized spacial score (nSPS) is 15.6. The lowest BCUT2D eigenvalue weighted by molar-refractivity contribution is -0.384. The van der Waals surface area contributed by atoms with Crippen LogP contribution in [0.4, 0.5) is 10.5 Å². The first-order valence-corrected chi connectivity index (χ1v) is 11.3. The van der Waals surface area contributed by atoms with E-state index in [0.717, 1.165) is 5.56 Å². The first kappa shape index (κ1) is 24.8. The molecule has 2 aromatic rings. The Labute approximate surface area is 200 Å². The molecule has 1 unspecified atom stereocenters. The molecule has 0 spiro atoms. The maximum Gasteiger partial charge on any atom is 0.335 e. The number of carbonyl (C=O) groups is 2. The molecule has 2 N–H and O–H groups in total. The summed E-state index contributed by atoms with van der Waals surface area (Å²) in [6.45, 7) is 3.60. The second-order valence-corrected chi connectivity index (χ2v) is 8.24. The van der Waals surface area contributed by atoms with Crippen LogP contribution in [0.3, 0.4) is 0 Å². The number of aliphatic carboxylic acids is 1. The van der Waals surface area contributed by atoms with Crippen molar-refractivity contribution in [2.75, 3.05) is 13.7 Å². The van der Waals surface area contributed by atoms with E-state index in [1.165, 1.54) is 34.9 Å². The van der Waals surface area contributed by atoms with Crippen molar-refractivity contribution in [1.82, 2.24) is 10.2 Å². The summed E-state index contributed by atoms with van der Waals surface area (Å²) < 4.78 is 5.18. The van der Waals surface area contributed by atoms with Crippen LogP contribution < -0.4 is 10.1 Å².